The topological polar surface area (TPSA) is 68.6 Å². The lowest BCUT2D eigenvalue weighted by Crippen LogP contribution is -2.43. The van der Waals surface area contributed by atoms with Crippen molar-refractivity contribution in [2.24, 2.45) is 0 Å². The predicted octanol–water partition coefficient (Wildman–Crippen LogP) is 3.19. The van der Waals surface area contributed by atoms with Crippen LogP contribution in [0.2, 0.25) is 0 Å². The molecule has 1 radical (unpaired) electrons. The molecule has 1 atom stereocenters. The Morgan fingerprint density at radius 3 is 1.96 bits per heavy atom. The SMILES string of the molecule is CCCCCCCCCCCCN(C(C)=O)C1CC(=O)[N]C1=O. The minimum absolute atomic E-state index is 0.0518. The van der Waals surface area contributed by atoms with Gasteiger partial charge in [0, 0.05) is 13.5 Å². The minimum atomic E-state index is -0.654. The van der Waals surface area contributed by atoms with Crippen LogP contribution in [0.4, 0.5) is 0 Å². The Kier molecular flexibility index (Phi) is 9.57. The number of amides is 3. The first-order valence-electron chi connectivity index (χ1n) is 9.12. The summed E-state index contributed by atoms with van der Waals surface area (Å²) in [6.07, 6.45) is 12.3. The van der Waals surface area contributed by atoms with Crippen LogP contribution in [0.5, 0.6) is 0 Å². The molecule has 0 aromatic rings. The standard InChI is InChI=1S/C18H31N2O3/c1-3-4-5-6-7-8-9-10-11-12-13-20(15(2)21)16-14-17(22)19-18(16)23/h16H,3-14H2,1-2H3. The Hall–Kier alpha value is -1.39. The van der Waals surface area contributed by atoms with Gasteiger partial charge in [-0.3, -0.25) is 14.4 Å². The van der Waals surface area contributed by atoms with Crippen LogP contribution in [0.15, 0.2) is 0 Å². The number of carbonyl (C=O) groups is 3. The average Bonchev–Trinajstić information content (AvgIpc) is 2.83. The summed E-state index contributed by atoms with van der Waals surface area (Å²) in [5.41, 5.74) is 0. The second kappa shape index (κ2) is 11.2. The Balaban J connectivity index is 2.11. The molecule has 1 rings (SSSR count). The van der Waals surface area contributed by atoms with Crippen LogP contribution in [0.25, 0.3) is 0 Å². The molecule has 1 heterocycles. The fourth-order valence-corrected chi connectivity index (χ4v) is 3.04. The molecule has 0 N–H and O–H groups in total. The highest BCUT2D eigenvalue weighted by molar-refractivity contribution is 6.06. The van der Waals surface area contributed by atoms with Crippen molar-refractivity contribution >= 4 is 17.7 Å². The number of rotatable bonds is 12. The molecule has 0 spiro atoms. The fourth-order valence-electron chi connectivity index (χ4n) is 3.04. The Morgan fingerprint density at radius 1 is 1.00 bits per heavy atom. The molecule has 1 aliphatic heterocycles. The zero-order valence-electron chi connectivity index (χ0n) is 14.7. The van der Waals surface area contributed by atoms with Crippen molar-refractivity contribution in [3.63, 3.8) is 0 Å². The van der Waals surface area contributed by atoms with Crippen LogP contribution in [-0.4, -0.2) is 35.2 Å². The van der Waals surface area contributed by atoms with Crippen LogP contribution in [0.3, 0.4) is 0 Å². The van der Waals surface area contributed by atoms with Gasteiger partial charge in [-0.2, -0.15) is 5.32 Å². The molecule has 131 valence electrons. The molecule has 0 aromatic carbocycles. The number of hydrogen-bond acceptors (Lipinski definition) is 3. The molecule has 5 nitrogen and oxygen atoms in total. The maximum absolute atomic E-state index is 11.7. The predicted molar refractivity (Wildman–Crippen MR) is 89.8 cm³/mol. The van der Waals surface area contributed by atoms with Gasteiger partial charge in [0.25, 0.3) is 11.8 Å². The maximum Gasteiger partial charge on any atom is 0.272 e. The number of carbonyl (C=O) groups excluding carboxylic acids is 3. The van der Waals surface area contributed by atoms with E-state index in [9.17, 15) is 14.4 Å². The summed E-state index contributed by atoms with van der Waals surface area (Å²) in [5, 5.41) is 3.40. The van der Waals surface area contributed by atoms with Gasteiger partial charge in [0.05, 0.1) is 6.42 Å². The van der Waals surface area contributed by atoms with E-state index in [1.165, 1.54) is 63.2 Å². The Morgan fingerprint density at radius 2 is 1.52 bits per heavy atom. The van der Waals surface area contributed by atoms with Crippen LogP contribution in [0, 0.1) is 0 Å². The van der Waals surface area contributed by atoms with Gasteiger partial charge in [-0.1, -0.05) is 64.7 Å². The van der Waals surface area contributed by atoms with Crippen LogP contribution in [0.1, 0.15) is 84.5 Å². The molecular formula is C18H31N2O3. The van der Waals surface area contributed by atoms with Gasteiger partial charge in [-0.25, -0.2) is 0 Å². The summed E-state index contributed by atoms with van der Waals surface area (Å²) in [5.74, 6) is -1.02. The molecule has 3 amide bonds. The number of unbranched alkanes of at least 4 members (excludes halogenated alkanes) is 9. The molecule has 0 bridgehead atoms. The third kappa shape index (κ3) is 7.62. The summed E-state index contributed by atoms with van der Waals surface area (Å²) < 4.78 is 0. The van der Waals surface area contributed by atoms with Crippen LogP contribution in [-0.2, 0) is 14.4 Å². The van der Waals surface area contributed by atoms with Crippen molar-refractivity contribution in [2.75, 3.05) is 6.54 Å². The van der Waals surface area contributed by atoms with E-state index >= 15 is 0 Å². The van der Waals surface area contributed by atoms with E-state index in [-0.39, 0.29) is 12.3 Å². The van der Waals surface area contributed by atoms with Crippen molar-refractivity contribution in [3.8, 4) is 0 Å². The van der Waals surface area contributed by atoms with E-state index in [0.717, 1.165) is 12.8 Å². The quantitative estimate of drug-likeness (QED) is 0.409. The Labute approximate surface area is 140 Å². The summed E-state index contributed by atoms with van der Waals surface area (Å²) in [4.78, 5) is 36.0. The third-order valence-electron chi connectivity index (χ3n) is 4.42. The van der Waals surface area contributed by atoms with Crippen molar-refractivity contribution in [1.29, 1.82) is 0 Å². The molecule has 5 heteroatoms. The zero-order valence-corrected chi connectivity index (χ0v) is 14.7. The van der Waals surface area contributed by atoms with Gasteiger partial charge >= 0.3 is 0 Å². The largest absolute Gasteiger partial charge is 0.330 e. The van der Waals surface area contributed by atoms with Gasteiger partial charge in [0.1, 0.15) is 6.04 Å². The lowest BCUT2D eigenvalue weighted by atomic mass is 10.1. The zero-order chi connectivity index (χ0) is 17.1. The van der Waals surface area contributed by atoms with Crippen molar-refractivity contribution < 1.29 is 14.4 Å². The van der Waals surface area contributed by atoms with Crippen molar-refractivity contribution in [2.45, 2.75) is 90.5 Å². The molecule has 1 unspecified atom stereocenters. The molecule has 1 fully saturated rings. The molecular weight excluding hydrogens is 292 g/mol. The molecule has 0 aliphatic carbocycles. The number of hydrogen-bond donors (Lipinski definition) is 0. The molecule has 1 aliphatic rings. The highest BCUT2D eigenvalue weighted by atomic mass is 16.2. The van der Waals surface area contributed by atoms with E-state index in [0.29, 0.717) is 6.54 Å². The van der Waals surface area contributed by atoms with Gasteiger partial charge in [0.15, 0.2) is 0 Å². The van der Waals surface area contributed by atoms with E-state index in [1.807, 2.05) is 0 Å². The van der Waals surface area contributed by atoms with E-state index < -0.39 is 17.9 Å². The molecule has 0 saturated carbocycles. The first kappa shape index (κ1) is 19.7. The van der Waals surface area contributed by atoms with Crippen molar-refractivity contribution in [3.05, 3.63) is 0 Å². The van der Waals surface area contributed by atoms with Gasteiger partial charge in [-0.15, -0.1) is 0 Å². The van der Waals surface area contributed by atoms with Gasteiger partial charge < -0.3 is 4.90 Å². The second-order valence-corrected chi connectivity index (χ2v) is 6.46. The van der Waals surface area contributed by atoms with E-state index in [2.05, 4.69) is 12.2 Å². The third-order valence-corrected chi connectivity index (χ3v) is 4.42. The van der Waals surface area contributed by atoms with E-state index in [1.54, 1.807) is 0 Å². The average molecular weight is 323 g/mol. The molecule has 0 aromatic heterocycles. The molecule has 23 heavy (non-hydrogen) atoms. The minimum Gasteiger partial charge on any atom is -0.330 e. The summed E-state index contributed by atoms with van der Waals surface area (Å²) in [6, 6.07) is -0.654. The van der Waals surface area contributed by atoms with Gasteiger partial charge in [-0.05, 0) is 6.42 Å². The summed E-state index contributed by atoms with van der Waals surface area (Å²) in [6.45, 7) is 4.23. The van der Waals surface area contributed by atoms with Crippen LogP contribution >= 0.6 is 0 Å². The number of imide groups is 1. The van der Waals surface area contributed by atoms with Gasteiger partial charge in [0.2, 0.25) is 5.91 Å². The smallest absolute Gasteiger partial charge is 0.272 e. The highest BCUT2D eigenvalue weighted by Crippen LogP contribution is 2.15. The van der Waals surface area contributed by atoms with Crippen LogP contribution < -0.4 is 5.32 Å². The lowest BCUT2D eigenvalue weighted by molar-refractivity contribution is -0.137. The normalized spacial score (nSPS) is 17.4. The lowest BCUT2D eigenvalue weighted by Gasteiger charge is -2.25. The summed E-state index contributed by atoms with van der Waals surface area (Å²) >= 11 is 0. The first-order valence-corrected chi connectivity index (χ1v) is 9.12. The van der Waals surface area contributed by atoms with E-state index in [4.69, 9.17) is 0 Å². The second-order valence-electron chi connectivity index (χ2n) is 6.46. The number of nitrogens with zero attached hydrogens (tertiary/aromatic N) is 2. The van der Waals surface area contributed by atoms with Crippen molar-refractivity contribution in [1.82, 2.24) is 10.2 Å². The monoisotopic (exact) mass is 323 g/mol. The highest BCUT2D eigenvalue weighted by Gasteiger charge is 2.37. The molecule has 1 saturated heterocycles. The first-order chi connectivity index (χ1) is 11.1. The summed E-state index contributed by atoms with van der Waals surface area (Å²) in [7, 11) is 0. The fraction of sp³-hybridized carbons (Fsp3) is 0.833. The Bertz CT molecular complexity index is 396. The maximum atomic E-state index is 11.7.